The highest BCUT2D eigenvalue weighted by atomic mass is 79.9. The zero-order valence-electron chi connectivity index (χ0n) is 17.6. The molecule has 1 aromatic heterocycles. The number of ether oxygens (including phenoxy) is 1. The third-order valence-electron chi connectivity index (χ3n) is 7.30. The number of pyridine rings is 1. The maximum Gasteiger partial charge on any atom is 0.131 e. The third kappa shape index (κ3) is 3.97. The average molecular weight is 461 g/mol. The number of methoxy groups -OCH3 is 1. The van der Waals surface area contributed by atoms with Gasteiger partial charge in [-0.25, -0.2) is 0 Å². The number of benzene rings is 1. The number of aliphatic hydroxyl groups excluding tert-OH is 1. The van der Waals surface area contributed by atoms with Gasteiger partial charge in [-0.1, -0.05) is 19.4 Å². The van der Waals surface area contributed by atoms with E-state index in [1.165, 1.54) is 25.8 Å². The number of halogens is 1. The van der Waals surface area contributed by atoms with E-state index in [4.69, 9.17) is 4.74 Å². The summed E-state index contributed by atoms with van der Waals surface area (Å²) >= 11 is 0. The summed E-state index contributed by atoms with van der Waals surface area (Å²) in [4.78, 5) is 4.50. The summed E-state index contributed by atoms with van der Waals surface area (Å²) < 4.78 is 6.47. The summed E-state index contributed by atoms with van der Waals surface area (Å²) in [6.45, 7) is 9.83. The van der Waals surface area contributed by atoms with Crippen LogP contribution >= 0.6 is 0 Å². The molecule has 0 spiro atoms. The number of nitrogens with zero attached hydrogens (tertiary/aromatic N) is 2. The molecule has 0 unspecified atom stereocenters. The molecule has 5 heteroatoms. The molecule has 0 saturated carbocycles. The largest absolute Gasteiger partial charge is 1.00 e. The molecule has 5 atom stereocenters. The Balaban J connectivity index is 0.00000240. The smallest absolute Gasteiger partial charge is 0.131 e. The van der Waals surface area contributed by atoms with Gasteiger partial charge in [0.15, 0.2) is 0 Å². The van der Waals surface area contributed by atoms with Gasteiger partial charge in [0.25, 0.3) is 0 Å². The normalized spacial score (nSPS) is 29.3. The predicted molar refractivity (Wildman–Crippen MR) is 113 cm³/mol. The van der Waals surface area contributed by atoms with Crippen LogP contribution in [0, 0.1) is 11.8 Å². The van der Waals surface area contributed by atoms with Gasteiger partial charge < -0.3 is 31.3 Å². The van der Waals surface area contributed by atoms with Crippen LogP contribution in [0.25, 0.3) is 10.9 Å². The van der Waals surface area contributed by atoms with Crippen LogP contribution in [0.2, 0.25) is 0 Å². The molecule has 0 amide bonds. The number of hydrogen-bond donors (Lipinski definition) is 1. The fourth-order valence-corrected chi connectivity index (χ4v) is 5.70. The van der Waals surface area contributed by atoms with Crippen LogP contribution in [0.5, 0.6) is 5.75 Å². The van der Waals surface area contributed by atoms with Gasteiger partial charge in [-0.3, -0.25) is 4.98 Å². The van der Waals surface area contributed by atoms with E-state index in [1.807, 2.05) is 30.5 Å². The first-order valence-electron chi connectivity index (χ1n) is 10.7. The van der Waals surface area contributed by atoms with Crippen LogP contribution in [-0.2, 0) is 0 Å². The number of unbranched alkanes of at least 4 members (excludes halogenated alkanes) is 1. The van der Waals surface area contributed by atoms with Gasteiger partial charge in [0.05, 0.1) is 32.3 Å². The molecule has 0 radical (unpaired) electrons. The number of hydrogen-bond acceptors (Lipinski definition) is 3. The van der Waals surface area contributed by atoms with E-state index in [9.17, 15) is 5.11 Å². The van der Waals surface area contributed by atoms with E-state index >= 15 is 0 Å². The molecule has 5 rings (SSSR count). The zero-order valence-corrected chi connectivity index (χ0v) is 19.1. The van der Waals surface area contributed by atoms with Crippen LogP contribution in [-0.4, -0.2) is 47.4 Å². The number of piperidine rings is 3. The molecule has 4 heterocycles. The molecule has 0 aliphatic carbocycles. The zero-order chi connectivity index (χ0) is 19.7. The molecular weight excluding hydrogens is 428 g/mol. The van der Waals surface area contributed by atoms with Gasteiger partial charge in [0.1, 0.15) is 17.9 Å². The van der Waals surface area contributed by atoms with Crippen molar-refractivity contribution in [2.45, 2.75) is 44.8 Å². The molecule has 1 aromatic carbocycles. The highest BCUT2D eigenvalue weighted by Crippen LogP contribution is 2.47. The number of aromatic nitrogens is 1. The van der Waals surface area contributed by atoms with Crippen LogP contribution < -0.4 is 21.7 Å². The van der Waals surface area contributed by atoms with Crippen molar-refractivity contribution in [1.29, 1.82) is 0 Å². The number of fused-ring (bicyclic) bond motifs is 4. The SMILES string of the molecule is C=C[C@H]1C[N@+]2(CCCC)CC[C@H]1C[C@H]2[C@H](O)c1ccnc2ccc(OC)cc12.[Br-]. The molecule has 2 aromatic rings. The summed E-state index contributed by atoms with van der Waals surface area (Å²) in [5.41, 5.74) is 1.91. The topological polar surface area (TPSA) is 42.4 Å². The van der Waals surface area contributed by atoms with E-state index in [1.54, 1.807) is 7.11 Å². The summed E-state index contributed by atoms with van der Waals surface area (Å²) in [5, 5.41) is 12.6. The lowest BCUT2D eigenvalue weighted by molar-refractivity contribution is -0.973. The van der Waals surface area contributed by atoms with Gasteiger partial charge in [0, 0.05) is 30.3 Å². The Morgan fingerprint density at radius 2 is 2.21 bits per heavy atom. The Hall–Kier alpha value is -1.43. The minimum absolute atomic E-state index is 0. The molecule has 29 heavy (non-hydrogen) atoms. The minimum atomic E-state index is -0.483. The first kappa shape index (κ1) is 22.3. The molecular formula is C24H33BrN2O2. The summed E-state index contributed by atoms with van der Waals surface area (Å²) in [6, 6.07) is 8.17. The van der Waals surface area contributed by atoms with Crippen molar-refractivity contribution >= 4 is 10.9 Å². The summed E-state index contributed by atoms with van der Waals surface area (Å²) in [5.74, 6) is 2.05. The van der Waals surface area contributed by atoms with E-state index in [-0.39, 0.29) is 23.0 Å². The molecule has 1 N–H and O–H groups in total. The van der Waals surface area contributed by atoms with Crippen LogP contribution in [0.15, 0.2) is 43.1 Å². The lowest BCUT2D eigenvalue weighted by Crippen LogP contribution is -3.00. The summed E-state index contributed by atoms with van der Waals surface area (Å²) in [6.07, 6.45) is 8.25. The maximum absolute atomic E-state index is 11.6. The minimum Gasteiger partial charge on any atom is -1.00 e. The van der Waals surface area contributed by atoms with Gasteiger partial charge in [-0.2, -0.15) is 0 Å². The maximum atomic E-state index is 11.6. The van der Waals surface area contributed by atoms with Crippen molar-refractivity contribution in [2.75, 3.05) is 26.7 Å². The molecule has 3 aliphatic rings. The second-order valence-corrected chi connectivity index (χ2v) is 8.68. The number of aliphatic hydroxyl groups is 1. The lowest BCUT2D eigenvalue weighted by Gasteiger charge is -2.58. The molecule has 3 saturated heterocycles. The highest BCUT2D eigenvalue weighted by Gasteiger charge is 2.53. The molecule has 3 fully saturated rings. The first-order valence-corrected chi connectivity index (χ1v) is 10.7. The molecule has 2 bridgehead atoms. The second-order valence-electron chi connectivity index (χ2n) is 8.68. The lowest BCUT2D eigenvalue weighted by atomic mass is 9.71. The van der Waals surface area contributed by atoms with Gasteiger partial charge in [0.2, 0.25) is 0 Å². The van der Waals surface area contributed by atoms with Crippen molar-refractivity contribution in [3.63, 3.8) is 0 Å². The second kappa shape index (κ2) is 9.15. The van der Waals surface area contributed by atoms with E-state index < -0.39 is 6.10 Å². The van der Waals surface area contributed by atoms with E-state index in [2.05, 4.69) is 24.6 Å². The van der Waals surface area contributed by atoms with Crippen LogP contribution in [0.3, 0.4) is 0 Å². The number of quaternary nitrogens is 1. The van der Waals surface area contributed by atoms with Crippen LogP contribution in [0.4, 0.5) is 0 Å². The van der Waals surface area contributed by atoms with Gasteiger partial charge >= 0.3 is 0 Å². The Morgan fingerprint density at radius 3 is 2.93 bits per heavy atom. The molecule has 4 nitrogen and oxygen atoms in total. The Labute approximate surface area is 184 Å². The Kier molecular flexibility index (Phi) is 7.02. The first-order chi connectivity index (χ1) is 13.6. The molecule has 158 valence electrons. The van der Waals surface area contributed by atoms with E-state index in [0.717, 1.165) is 46.2 Å². The molecule has 3 aliphatic heterocycles. The monoisotopic (exact) mass is 460 g/mol. The predicted octanol–water partition coefficient (Wildman–Crippen LogP) is 1.49. The van der Waals surface area contributed by atoms with Gasteiger partial charge in [-0.05, 0) is 42.2 Å². The van der Waals surface area contributed by atoms with Crippen molar-refractivity contribution in [3.05, 3.63) is 48.7 Å². The third-order valence-corrected chi connectivity index (χ3v) is 7.30. The van der Waals surface area contributed by atoms with Crippen molar-refractivity contribution in [2.24, 2.45) is 11.8 Å². The highest BCUT2D eigenvalue weighted by molar-refractivity contribution is 5.83. The fraction of sp³-hybridized carbons (Fsp3) is 0.542. The standard InChI is InChI=1S/C24H33N2O2.BrH/c1-4-6-12-26-13-10-18(17(5-2)16-26)14-23(26)24(27)20-9-11-25-22-8-7-19(28-3)15-21(20)22;/h5,7-9,11,15,17-18,23-24,27H,2,4,6,10,12-14,16H2,1,3H3;1H/q+1;/p-1/t17-,18-,23-,24+,26-;/m0./s1. The van der Waals surface area contributed by atoms with Crippen LogP contribution in [0.1, 0.15) is 44.3 Å². The fourth-order valence-electron chi connectivity index (χ4n) is 5.70. The Bertz CT molecular complexity index is 858. The number of rotatable bonds is 7. The van der Waals surface area contributed by atoms with Crippen molar-refractivity contribution in [3.8, 4) is 5.75 Å². The van der Waals surface area contributed by atoms with E-state index in [0.29, 0.717) is 11.8 Å². The van der Waals surface area contributed by atoms with Crippen molar-refractivity contribution in [1.82, 2.24) is 4.98 Å². The Morgan fingerprint density at radius 1 is 1.38 bits per heavy atom. The average Bonchev–Trinajstić information content (AvgIpc) is 2.76. The van der Waals surface area contributed by atoms with Crippen molar-refractivity contribution < 1.29 is 31.3 Å². The quantitative estimate of drug-likeness (QED) is 0.502. The summed E-state index contributed by atoms with van der Waals surface area (Å²) in [7, 11) is 1.68. The van der Waals surface area contributed by atoms with Gasteiger partial charge in [-0.15, -0.1) is 6.58 Å².